The summed E-state index contributed by atoms with van der Waals surface area (Å²) in [5.74, 6) is -1.09. The van der Waals surface area contributed by atoms with E-state index in [4.69, 9.17) is 16.3 Å². The van der Waals surface area contributed by atoms with Gasteiger partial charge in [-0.15, -0.1) is 0 Å². The number of carbonyl (C=O) groups is 1. The molecule has 4 rings (SSSR count). The van der Waals surface area contributed by atoms with E-state index in [1.54, 1.807) is 24.3 Å². The van der Waals surface area contributed by atoms with E-state index in [1.165, 1.54) is 0 Å². The van der Waals surface area contributed by atoms with Crippen LogP contribution in [0.5, 0.6) is 5.75 Å². The van der Waals surface area contributed by atoms with Crippen LogP contribution in [0.3, 0.4) is 0 Å². The number of hydrogen-bond acceptors (Lipinski definition) is 4. The minimum Gasteiger partial charge on any atom is -0.455 e. The molecule has 1 fully saturated rings. The van der Waals surface area contributed by atoms with Crippen molar-refractivity contribution >= 4 is 23.2 Å². The molecule has 3 atom stereocenters. The number of fused-ring (bicyclic) bond motifs is 4. The average molecular weight is 438 g/mol. The van der Waals surface area contributed by atoms with Gasteiger partial charge in [-0.3, -0.25) is 4.79 Å². The predicted molar refractivity (Wildman–Crippen MR) is 105 cm³/mol. The van der Waals surface area contributed by atoms with Crippen molar-refractivity contribution in [2.24, 2.45) is 5.92 Å². The lowest BCUT2D eigenvalue weighted by Crippen LogP contribution is -2.58. The molecule has 30 heavy (non-hydrogen) atoms. The largest absolute Gasteiger partial charge is 0.471 e. The Kier molecular flexibility index (Phi) is 5.18. The van der Waals surface area contributed by atoms with Crippen molar-refractivity contribution < 1.29 is 22.7 Å². The summed E-state index contributed by atoms with van der Waals surface area (Å²) in [4.78, 5) is 13.7. The number of carbonyl (C=O) groups excluding carboxylic acids is 1. The monoisotopic (exact) mass is 437 g/mol. The first-order valence-corrected chi connectivity index (χ1v) is 10.0. The summed E-state index contributed by atoms with van der Waals surface area (Å²) in [6.07, 6.45) is -1.85. The normalized spacial score (nSPS) is 25.7. The van der Waals surface area contributed by atoms with Gasteiger partial charge in [0.25, 0.3) is 0 Å². The third-order valence-corrected chi connectivity index (χ3v) is 6.04. The SMILES string of the molecule is CC1CC2=C(C=C1C#N)Oc1ccc(Cl)cc1N1CCC[C@H](NC(=O)C(F)(F)F)[C@@H]21. The fourth-order valence-corrected chi connectivity index (χ4v) is 4.60. The summed E-state index contributed by atoms with van der Waals surface area (Å²) in [5.41, 5.74) is 1.98. The Morgan fingerprint density at radius 1 is 1.40 bits per heavy atom. The molecule has 2 aliphatic heterocycles. The first-order valence-electron chi connectivity index (χ1n) is 9.65. The third-order valence-electron chi connectivity index (χ3n) is 5.80. The maximum absolute atomic E-state index is 13.0. The van der Waals surface area contributed by atoms with Gasteiger partial charge in [-0.25, -0.2) is 0 Å². The van der Waals surface area contributed by atoms with Crippen LogP contribution in [0.25, 0.3) is 0 Å². The van der Waals surface area contributed by atoms with Crippen LogP contribution in [0.2, 0.25) is 5.02 Å². The number of halogens is 4. The quantitative estimate of drug-likeness (QED) is 0.703. The highest BCUT2D eigenvalue weighted by molar-refractivity contribution is 6.31. The third kappa shape index (κ3) is 3.63. The Hall–Kier alpha value is -2.66. The lowest BCUT2D eigenvalue weighted by molar-refractivity contribution is -0.174. The number of allylic oxidation sites excluding steroid dienone is 2. The second-order valence-corrected chi connectivity index (χ2v) is 8.21. The molecular formula is C21H19ClF3N3O2. The number of piperidine rings is 1. The number of nitrogens with zero attached hydrogens (tertiary/aromatic N) is 2. The molecule has 0 radical (unpaired) electrons. The molecule has 1 aromatic carbocycles. The van der Waals surface area contributed by atoms with Crippen LogP contribution in [0, 0.1) is 17.2 Å². The Balaban J connectivity index is 1.84. The number of alkyl halides is 3. The molecule has 2 heterocycles. The van der Waals surface area contributed by atoms with Gasteiger partial charge in [-0.2, -0.15) is 18.4 Å². The van der Waals surface area contributed by atoms with E-state index < -0.39 is 24.2 Å². The van der Waals surface area contributed by atoms with Crippen molar-refractivity contribution in [3.8, 4) is 11.8 Å². The Morgan fingerprint density at radius 3 is 2.87 bits per heavy atom. The van der Waals surface area contributed by atoms with E-state index in [9.17, 15) is 23.2 Å². The van der Waals surface area contributed by atoms with Gasteiger partial charge in [-0.05, 0) is 55.0 Å². The summed E-state index contributed by atoms with van der Waals surface area (Å²) in [7, 11) is 0. The van der Waals surface area contributed by atoms with Crippen LogP contribution >= 0.6 is 11.6 Å². The predicted octanol–water partition coefficient (Wildman–Crippen LogP) is 4.49. The number of anilines is 1. The van der Waals surface area contributed by atoms with Crippen molar-refractivity contribution in [3.05, 3.63) is 46.2 Å². The minimum absolute atomic E-state index is 0.107. The number of ether oxygens (including phenoxy) is 1. The molecule has 0 saturated carbocycles. The number of hydrogen-bond donors (Lipinski definition) is 1. The molecule has 0 spiro atoms. The van der Waals surface area contributed by atoms with Gasteiger partial charge in [-0.1, -0.05) is 18.5 Å². The molecule has 9 heteroatoms. The summed E-state index contributed by atoms with van der Waals surface area (Å²) in [6.45, 7) is 2.48. The molecule has 1 amide bonds. The van der Waals surface area contributed by atoms with Crippen molar-refractivity contribution in [2.45, 2.75) is 44.4 Å². The number of rotatable bonds is 1. The molecule has 1 saturated heterocycles. The zero-order valence-electron chi connectivity index (χ0n) is 16.1. The molecule has 3 aliphatic rings. The topological polar surface area (TPSA) is 65.4 Å². The number of nitriles is 1. The van der Waals surface area contributed by atoms with Crippen LogP contribution in [-0.2, 0) is 4.79 Å². The Bertz CT molecular complexity index is 996. The molecule has 0 aromatic heterocycles. The number of nitrogens with one attached hydrogen (secondary N) is 1. The van der Waals surface area contributed by atoms with Crippen LogP contribution < -0.4 is 15.0 Å². The number of amides is 1. The van der Waals surface area contributed by atoms with E-state index >= 15 is 0 Å². The van der Waals surface area contributed by atoms with Crippen LogP contribution in [0.1, 0.15) is 26.2 Å². The maximum atomic E-state index is 13.0. The lowest BCUT2D eigenvalue weighted by Gasteiger charge is -2.44. The van der Waals surface area contributed by atoms with Crippen LogP contribution in [0.15, 0.2) is 41.2 Å². The van der Waals surface area contributed by atoms with Gasteiger partial charge in [0.2, 0.25) is 0 Å². The van der Waals surface area contributed by atoms with Gasteiger partial charge in [0, 0.05) is 17.1 Å². The maximum Gasteiger partial charge on any atom is 0.471 e. The molecule has 5 nitrogen and oxygen atoms in total. The number of benzene rings is 1. The zero-order valence-corrected chi connectivity index (χ0v) is 16.8. The summed E-state index contributed by atoms with van der Waals surface area (Å²) < 4.78 is 45.0. The Morgan fingerprint density at radius 2 is 2.17 bits per heavy atom. The molecular weight excluding hydrogens is 419 g/mol. The molecule has 1 aromatic rings. The van der Waals surface area contributed by atoms with Gasteiger partial charge in [0.1, 0.15) is 5.76 Å². The molecule has 1 aliphatic carbocycles. The van der Waals surface area contributed by atoms with Crippen LogP contribution in [-0.4, -0.2) is 30.7 Å². The molecule has 1 N–H and O–H groups in total. The highest BCUT2D eigenvalue weighted by Gasteiger charge is 2.45. The first-order chi connectivity index (χ1) is 14.2. The second kappa shape index (κ2) is 7.55. The highest BCUT2D eigenvalue weighted by Crippen LogP contribution is 2.45. The van der Waals surface area contributed by atoms with E-state index in [2.05, 4.69) is 11.4 Å². The van der Waals surface area contributed by atoms with E-state index in [0.29, 0.717) is 53.6 Å². The molecule has 158 valence electrons. The fourth-order valence-electron chi connectivity index (χ4n) is 4.44. The van der Waals surface area contributed by atoms with Crippen molar-refractivity contribution in [1.82, 2.24) is 5.32 Å². The van der Waals surface area contributed by atoms with E-state index in [1.807, 2.05) is 11.8 Å². The fraction of sp³-hybridized carbons (Fsp3) is 0.429. The first kappa shape index (κ1) is 20.6. The van der Waals surface area contributed by atoms with Crippen molar-refractivity contribution in [1.29, 1.82) is 5.26 Å². The van der Waals surface area contributed by atoms with E-state index in [-0.39, 0.29) is 5.92 Å². The second-order valence-electron chi connectivity index (χ2n) is 7.78. The van der Waals surface area contributed by atoms with Crippen molar-refractivity contribution in [3.63, 3.8) is 0 Å². The zero-order chi connectivity index (χ0) is 21.6. The standard InChI is InChI=1S/C21H19ClF3N3O2/c1-11-7-14-18(8-12(11)10-26)30-17-5-4-13(22)9-16(17)28-6-2-3-15(19(14)28)27-20(29)21(23,24)25/h4-5,8-9,11,15,19H,2-3,6-7H2,1H3,(H,27,29)/t11?,15-,19+/m0/s1. The molecule has 1 unspecified atom stereocenters. The Labute approximate surface area is 176 Å². The lowest BCUT2D eigenvalue weighted by atomic mass is 9.80. The van der Waals surface area contributed by atoms with Crippen molar-refractivity contribution in [2.75, 3.05) is 11.4 Å². The van der Waals surface area contributed by atoms with Gasteiger partial charge < -0.3 is 15.0 Å². The van der Waals surface area contributed by atoms with Gasteiger partial charge in [0.05, 0.1) is 23.8 Å². The van der Waals surface area contributed by atoms with Gasteiger partial charge >= 0.3 is 12.1 Å². The van der Waals surface area contributed by atoms with Crippen LogP contribution in [0.4, 0.5) is 18.9 Å². The average Bonchev–Trinajstić information content (AvgIpc) is 2.81. The molecule has 0 bridgehead atoms. The van der Waals surface area contributed by atoms with E-state index in [0.717, 1.165) is 5.57 Å². The van der Waals surface area contributed by atoms with Gasteiger partial charge in [0.15, 0.2) is 5.75 Å². The smallest absolute Gasteiger partial charge is 0.455 e. The highest BCUT2D eigenvalue weighted by atomic mass is 35.5. The summed E-state index contributed by atoms with van der Waals surface area (Å²) >= 11 is 6.19. The summed E-state index contributed by atoms with van der Waals surface area (Å²) in [5, 5.41) is 12.1. The minimum atomic E-state index is -4.96. The summed E-state index contributed by atoms with van der Waals surface area (Å²) in [6, 6.07) is 5.99.